The van der Waals surface area contributed by atoms with Gasteiger partial charge in [-0.15, -0.1) is 0 Å². The molecule has 1 fully saturated rings. The van der Waals surface area contributed by atoms with E-state index < -0.39 is 10.8 Å². The first kappa shape index (κ1) is 15.9. The first-order chi connectivity index (χ1) is 11.5. The van der Waals surface area contributed by atoms with Gasteiger partial charge in [0.1, 0.15) is 11.5 Å². The minimum atomic E-state index is -0.705. The smallest absolute Gasteiger partial charge is 0.293 e. The quantitative estimate of drug-likeness (QED) is 0.690. The van der Waals surface area contributed by atoms with Crippen molar-refractivity contribution in [1.82, 2.24) is 0 Å². The lowest BCUT2D eigenvalue weighted by Gasteiger charge is -2.19. The van der Waals surface area contributed by atoms with Crippen molar-refractivity contribution in [1.29, 1.82) is 0 Å². The lowest BCUT2D eigenvalue weighted by Crippen LogP contribution is -2.21. The molecule has 0 radical (unpaired) electrons. The van der Waals surface area contributed by atoms with E-state index in [0.717, 1.165) is 12.0 Å². The Hall–Kier alpha value is -2.96. The van der Waals surface area contributed by atoms with E-state index in [-0.39, 0.29) is 23.0 Å². The summed E-state index contributed by atoms with van der Waals surface area (Å²) in [6.45, 7) is 1.18. The number of nitrogens with zero attached hydrogens (tertiary/aromatic N) is 2. The fourth-order valence-electron chi connectivity index (χ4n) is 3.10. The first-order valence-electron chi connectivity index (χ1n) is 7.54. The van der Waals surface area contributed by atoms with Crippen LogP contribution in [0, 0.1) is 15.9 Å². The number of nitrogens with two attached hydrogens (primary N) is 1. The zero-order valence-corrected chi connectivity index (χ0v) is 12.8. The highest BCUT2D eigenvalue weighted by atomic mass is 19.1. The maximum atomic E-state index is 13.4. The van der Waals surface area contributed by atoms with E-state index in [0.29, 0.717) is 18.8 Å². The monoisotopic (exact) mass is 329 g/mol. The molecule has 1 heterocycles. The van der Waals surface area contributed by atoms with Crippen LogP contribution in [0.3, 0.4) is 0 Å². The summed E-state index contributed by atoms with van der Waals surface area (Å²) in [6, 6.07) is 10.7. The fourth-order valence-corrected chi connectivity index (χ4v) is 3.10. The van der Waals surface area contributed by atoms with Gasteiger partial charge in [-0.2, -0.15) is 0 Å². The summed E-state index contributed by atoms with van der Waals surface area (Å²) in [7, 11) is 0. The Labute approximate surface area is 137 Å². The number of carbonyl (C=O) groups is 1. The maximum Gasteiger partial charge on any atom is 0.293 e. The summed E-state index contributed by atoms with van der Waals surface area (Å²) >= 11 is 0. The van der Waals surface area contributed by atoms with Gasteiger partial charge in [-0.25, -0.2) is 4.39 Å². The number of nitro benzene ring substituents is 1. The van der Waals surface area contributed by atoms with Crippen LogP contribution in [0.4, 0.5) is 15.8 Å². The van der Waals surface area contributed by atoms with E-state index in [4.69, 9.17) is 5.73 Å². The van der Waals surface area contributed by atoms with E-state index in [1.165, 1.54) is 24.3 Å². The van der Waals surface area contributed by atoms with Crippen LogP contribution < -0.4 is 10.6 Å². The molecule has 6 nitrogen and oxygen atoms in total. The van der Waals surface area contributed by atoms with Gasteiger partial charge >= 0.3 is 0 Å². The highest BCUT2D eigenvalue weighted by Crippen LogP contribution is 2.36. The van der Waals surface area contributed by atoms with E-state index in [1.807, 2.05) is 11.0 Å². The summed E-state index contributed by atoms with van der Waals surface area (Å²) in [5.74, 6) is -0.887. The molecule has 0 saturated carbocycles. The Bertz CT molecular complexity index is 809. The first-order valence-corrected chi connectivity index (χ1v) is 7.54. The third-order valence-electron chi connectivity index (χ3n) is 4.31. The maximum absolute atomic E-state index is 13.4. The number of rotatable bonds is 4. The topological polar surface area (TPSA) is 89.5 Å². The second-order valence-electron chi connectivity index (χ2n) is 5.81. The Kier molecular flexibility index (Phi) is 4.16. The van der Waals surface area contributed by atoms with Crippen LogP contribution in [-0.2, 0) is 0 Å². The normalized spacial score (nSPS) is 17.0. The third kappa shape index (κ3) is 3.05. The van der Waals surface area contributed by atoms with Crippen LogP contribution in [0.25, 0.3) is 0 Å². The molecule has 0 aliphatic carbocycles. The zero-order valence-electron chi connectivity index (χ0n) is 12.8. The standard InChI is InChI=1S/C17H16FN3O3/c18-14-3-1-2-11(8-14)13-6-7-20(10-13)15-5-4-12(17(19)22)9-16(15)21(23)24/h1-5,8-9,13H,6-7,10H2,(H2,19,22)/t13-/m1/s1. The lowest BCUT2D eigenvalue weighted by atomic mass is 9.98. The van der Waals surface area contributed by atoms with Crippen molar-refractivity contribution < 1.29 is 14.1 Å². The molecular formula is C17H16FN3O3. The molecule has 2 aromatic carbocycles. The molecule has 7 heteroatoms. The summed E-state index contributed by atoms with van der Waals surface area (Å²) in [5, 5.41) is 11.3. The Morgan fingerprint density at radius 1 is 1.29 bits per heavy atom. The van der Waals surface area contributed by atoms with Gasteiger partial charge < -0.3 is 10.6 Å². The van der Waals surface area contributed by atoms with E-state index in [9.17, 15) is 19.3 Å². The van der Waals surface area contributed by atoms with Crippen LogP contribution in [0.5, 0.6) is 0 Å². The molecule has 3 rings (SSSR count). The van der Waals surface area contributed by atoms with Gasteiger partial charge in [0.15, 0.2) is 0 Å². The lowest BCUT2D eigenvalue weighted by molar-refractivity contribution is -0.384. The molecule has 1 aliphatic heterocycles. The summed E-state index contributed by atoms with van der Waals surface area (Å²) in [5.41, 5.74) is 6.48. The van der Waals surface area contributed by atoms with Crippen LogP contribution >= 0.6 is 0 Å². The average molecular weight is 329 g/mol. The van der Waals surface area contributed by atoms with Gasteiger partial charge in [-0.3, -0.25) is 14.9 Å². The van der Waals surface area contributed by atoms with E-state index in [2.05, 4.69) is 0 Å². The summed E-state index contributed by atoms with van der Waals surface area (Å²) < 4.78 is 13.4. The minimum Gasteiger partial charge on any atom is -0.366 e. The van der Waals surface area contributed by atoms with Crippen LogP contribution in [-0.4, -0.2) is 23.9 Å². The zero-order chi connectivity index (χ0) is 17.3. The molecule has 1 aliphatic rings. The number of hydrogen-bond donors (Lipinski definition) is 1. The number of amides is 1. The van der Waals surface area contributed by atoms with Gasteiger partial charge in [-0.05, 0) is 36.2 Å². The average Bonchev–Trinajstić information content (AvgIpc) is 3.04. The Morgan fingerprint density at radius 3 is 2.75 bits per heavy atom. The molecule has 1 saturated heterocycles. The number of anilines is 1. The molecule has 1 atom stereocenters. The van der Waals surface area contributed by atoms with Crippen molar-refractivity contribution in [2.24, 2.45) is 5.73 Å². The predicted octanol–water partition coefficient (Wildman–Crippen LogP) is 2.83. The molecule has 0 aromatic heterocycles. The molecule has 0 spiro atoms. The predicted molar refractivity (Wildman–Crippen MR) is 87.6 cm³/mol. The number of nitro groups is 1. The van der Waals surface area contributed by atoms with Crippen molar-refractivity contribution in [2.45, 2.75) is 12.3 Å². The van der Waals surface area contributed by atoms with Crippen molar-refractivity contribution in [2.75, 3.05) is 18.0 Å². The second-order valence-corrected chi connectivity index (χ2v) is 5.81. The summed E-state index contributed by atoms with van der Waals surface area (Å²) in [6.07, 6.45) is 0.776. The highest BCUT2D eigenvalue weighted by Gasteiger charge is 2.29. The summed E-state index contributed by atoms with van der Waals surface area (Å²) in [4.78, 5) is 23.9. The molecule has 1 amide bonds. The van der Waals surface area contributed by atoms with E-state index in [1.54, 1.807) is 12.1 Å². The van der Waals surface area contributed by atoms with E-state index >= 15 is 0 Å². The van der Waals surface area contributed by atoms with Gasteiger partial charge in [0.05, 0.1) is 4.92 Å². The molecule has 0 bridgehead atoms. The number of primary amides is 1. The van der Waals surface area contributed by atoms with Gasteiger partial charge in [-0.1, -0.05) is 12.1 Å². The molecule has 124 valence electrons. The Balaban J connectivity index is 1.88. The fraction of sp³-hybridized carbons (Fsp3) is 0.235. The number of benzene rings is 2. The largest absolute Gasteiger partial charge is 0.366 e. The van der Waals surface area contributed by atoms with Crippen LogP contribution in [0.1, 0.15) is 28.3 Å². The molecule has 2 aromatic rings. The van der Waals surface area contributed by atoms with Crippen molar-refractivity contribution >= 4 is 17.3 Å². The number of hydrogen-bond acceptors (Lipinski definition) is 4. The molecule has 24 heavy (non-hydrogen) atoms. The Morgan fingerprint density at radius 2 is 2.08 bits per heavy atom. The van der Waals surface area contributed by atoms with Crippen LogP contribution in [0.2, 0.25) is 0 Å². The van der Waals surface area contributed by atoms with Gasteiger partial charge in [0.25, 0.3) is 5.69 Å². The highest BCUT2D eigenvalue weighted by molar-refractivity contribution is 5.94. The van der Waals surface area contributed by atoms with Gasteiger partial charge in [0, 0.05) is 30.6 Å². The van der Waals surface area contributed by atoms with Crippen LogP contribution in [0.15, 0.2) is 42.5 Å². The van der Waals surface area contributed by atoms with Crippen molar-refractivity contribution in [3.8, 4) is 0 Å². The van der Waals surface area contributed by atoms with Gasteiger partial charge in [0.2, 0.25) is 5.91 Å². The minimum absolute atomic E-state index is 0.103. The SMILES string of the molecule is NC(=O)c1ccc(N2CC[C@@H](c3cccc(F)c3)C2)c([N+](=O)[O-])c1. The molecular weight excluding hydrogens is 313 g/mol. The molecule has 2 N–H and O–H groups in total. The third-order valence-corrected chi connectivity index (χ3v) is 4.31. The number of carbonyl (C=O) groups excluding carboxylic acids is 1. The molecule has 0 unspecified atom stereocenters. The number of halogens is 1. The second kappa shape index (κ2) is 6.27. The van der Waals surface area contributed by atoms with Crippen molar-refractivity contribution in [3.63, 3.8) is 0 Å². The van der Waals surface area contributed by atoms with Crippen molar-refractivity contribution in [3.05, 3.63) is 69.5 Å².